The zero-order valence-corrected chi connectivity index (χ0v) is 12.4. The van der Waals surface area contributed by atoms with Gasteiger partial charge in [0.1, 0.15) is 0 Å². The molecule has 21 heavy (non-hydrogen) atoms. The van der Waals surface area contributed by atoms with Gasteiger partial charge in [0.05, 0.1) is 0 Å². The maximum absolute atomic E-state index is 11.9. The number of aryl methyl sites for hydroxylation is 1. The topological polar surface area (TPSA) is 66.4 Å². The highest BCUT2D eigenvalue weighted by Gasteiger charge is 2.17. The van der Waals surface area contributed by atoms with E-state index in [0.29, 0.717) is 12.8 Å². The molecule has 0 atom stereocenters. The largest absolute Gasteiger partial charge is 0.396 e. The Morgan fingerprint density at radius 1 is 1.14 bits per heavy atom. The quantitative estimate of drug-likeness (QED) is 0.758. The molecule has 0 saturated carbocycles. The minimum absolute atomic E-state index is 0.0149. The molecule has 2 rings (SSSR count). The molecule has 4 heteroatoms. The molecule has 0 radical (unpaired) electrons. The van der Waals surface area contributed by atoms with Gasteiger partial charge in [-0.2, -0.15) is 0 Å². The Morgan fingerprint density at radius 3 is 2.76 bits per heavy atom. The molecule has 0 unspecified atom stereocenters. The van der Waals surface area contributed by atoms with E-state index in [2.05, 4.69) is 5.32 Å². The standard InChI is InChI=1S/C17H23NO3/c19-11-4-2-1-3-8-17(21)18-14-9-10-15-13(12-14)6-5-7-16(15)20/h9-10,12,19H,1-8,11H2,(H,18,21). The molecule has 1 amide bonds. The lowest BCUT2D eigenvalue weighted by molar-refractivity contribution is -0.116. The van der Waals surface area contributed by atoms with Crippen molar-refractivity contribution in [1.29, 1.82) is 0 Å². The Morgan fingerprint density at radius 2 is 1.95 bits per heavy atom. The first-order valence-corrected chi connectivity index (χ1v) is 7.77. The number of rotatable bonds is 7. The van der Waals surface area contributed by atoms with Crippen LogP contribution in [0, 0.1) is 0 Å². The van der Waals surface area contributed by atoms with Crippen LogP contribution in [-0.2, 0) is 11.2 Å². The molecular weight excluding hydrogens is 266 g/mol. The van der Waals surface area contributed by atoms with E-state index in [4.69, 9.17) is 5.11 Å². The zero-order chi connectivity index (χ0) is 15.1. The molecule has 0 heterocycles. The second-order valence-electron chi connectivity index (χ2n) is 5.58. The maximum atomic E-state index is 11.9. The van der Waals surface area contributed by atoms with Crippen molar-refractivity contribution in [1.82, 2.24) is 0 Å². The summed E-state index contributed by atoms with van der Waals surface area (Å²) in [5.74, 6) is 0.221. The van der Waals surface area contributed by atoms with Crippen LogP contribution in [0.2, 0.25) is 0 Å². The molecule has 0 aliphatic heterocycles. The number of ketones is 1. The summed E-state index contributed by atoms with van der Waals surface area (Å²) >= 11 is 0. The van der Waals surface area contributed by atoms with Gasteiger partial charge in [-0.05, 0) is 49.4 Å². The van der Waals surface area contributed by atoms with Gasteiger partial charge in [-0.15, -0.1) is 0 Å². The summed E-state index contributed by atoms with van der Waals surface area (Å²) in [4.78, 5) is 23.6. The highest BCUT2D eigenvalue weighted by Crippen LogP contribution is 2.24. The predicted octanol–water partition coefficient (Wildman–Crippen LogP) is 3.09. The van der Waals surface area contributed by atoms with Crippen LogP contribution >= 0.6 is 0 Å². The van der Waals surface area contributed by atoms with Crippen LogP contribution in [-0.4, -0.2) is 23.4 Å². The lowest BCUT2D eigenvalue weighted by atomic mass is 9.90. The minimum atomic E-state index is 0.0149. The second-order valence-corrected chi connectivity index (χ2v) is 5.58. The summed E-state index contributed by atoms with van der Waals surface area (Å²) < 4.78 is 0. The van der Waals surface area contributed by atoms with Gasteiger partial charge in [-0.25, -0.2) is 0 Å². The molecule has 0 fully saturated rings. The fourth-order valence-electron chi connectivity index (χ4n) is 2.70. The van der Waals surface area contributed by atoms with Gasteiger partial charge in [-0.1, -0.05) is 12.8 Å². The smallest absolute Gasteiger partial charge is 0.224 e. The van der Waals surface area contributed by atoms with Gasteiger partial charge in [-0.3, -0.25) is 9.59 Å². The number of anilines is 1. The van der Waals surface area contributed by atoms with Crippen molar-refractivity contribution in [3.8, 4) is 0 Å². The predicted molar refractivity (Wildman–Crippen MR) is 82.5 cm³/mol. The van der Waals surface area contributed by atoms with E-state index in [1.807, 2.05) is 18.2 Å². The van der Waals surface area contributed by atoms with Gasteiger partial charge in [0.2, 0.25) is 5.91 Å². The van der Waals surface area contributed by atoms with E-state index < -0.39 is 0 Å². The molecule has 1 aliphatic rings. The number of unbranched alkanes of at least 4 members (excludes halogenated alkanes) is 3. The number of aliphatic hydroxyl groups is 1. The Bertz CT molecular complexity index is 511. The molecule has 0 spiro atoms. The Kier molecular flexibility index (Phi) is 5.93. The monoisotopic (exact) mass is 289 g/mol. The fourth-order valence-corrected chi connectivity index (χ4v) is 2.70. The Hall–Kier alpha value is -1.68. The van der Waals surface area contributed by atoms with Gasteiger partial charge in [0, 0.05) is 30.7 Å². The number of hydrogen-bond donors (Lipinski definition) is 2. The van der Waals surface area contributed by atoms with Crippen molar-refractivity contribution in [2.75, 3.05) is 11.9 Å². The number of Topliss-reactive ketones (excluding diaryl/α,β-unsaturated/α-hetero) is 1. The van der Waals surface area contributed by atoms with Crippen LogP contribution in [0.4, 0.5) is 5.69 Å². The first-order valence-electron chi connectivity index (χ1n) is 7.77. The molecular formula is C17H23NO3. The molecule has 1 aromatic carbocycles. The highest BCUT2D eigenvalue weighted by molar-refractivity contribution is 5.99. The Labute approximate surface area is 125 Å². The molecule has 1 aliphatic carbocycles. The van der Waals surface area contributed by atoms with E-state index in [1.165, 1.54) is 0 Å². The van der Waals surface area contributed by atoms with Crippen molar-refractivity contribution in [2.45, 2.75) is 51.4 Å². The molecule has 0 aromatic heterocycles. The number of amides is 1. The van der Waals surface area contributed by atoms with Crippen LogP contribution in [0.25, 0.3) is 0 Å². The first kappa shape index (κ1) is 15.7. The average Bonchev–Trinajstić information content (AvgIpc) is 2.47. The van der Waals surface area contributed by atoms with Crippen molar-refractivity contribution in [3.63, 3.8) is 0 Å². The third-order valence-electron chi connectivity index (χ3n) is 3.85. The lowest BCUT2D eigenvalue weighted by Crippen LogP contribution is -2.14. The van der Waals surface area contributed by atoms with Gasteiger partial charge >= 0.3 is 0 Å². The number of hydrogen-bond acceptors (Lipinski definition) is 3. The third-order valence-corrected chi connectivity index (χ3v) is 3.85. The number of carbonyl (C=O) groups is 2. The SMILES string of the molecule is O=C(CCCCCCO)Nc1ccc2c(c1)CCCC2=O. The van der Waals surface area contributed by atoms with E-state index >= 15 is 0 Å². The zero-order valence-electron chi connectivity index (χ0n) is 12.4. The van der Waals surface area contributed by atoms with Crippen molar-refractivity contribution >= 4 is 17.4 Å². The van der Waals surface area contributed by atoms with Gasteiger partial charge < -0.3 is 10.4 Å². The second kappa shape index (κ2) is 7.93. The number of nitrogens with one attached hydrogen (secondary N) is 1. The molecule has 2 N–H and O–H groups in total. The molecule has 0 bridgehead atoms. The van der Waals surface area contributed by atoms with E-state index in [1.54, 1.807) is 0 Å². The van der Waals surface area contributed by atoms with Crippen LogP contribution in [0.5, 0.6) is 0 Å². The summed E-state index contributed by atoms with van der Waals surface area (Å²) in [5.41, 5.74) is 2.64. The van der Waals surface area contributed by atoms with Crippen molar-refractivity contribution in [2.24, 2.45) is 0 Å². The maximum Gasteiger partial charge on any atom is 0.224 e. The number of carbonyl (C=O) groups excluding carboxylic acids is 2. The average molecular weight is 289 g/mol. The van der Waals surface area contributed by atoms with E-state index in [-0.39, 0.29) is 18.3 Å². The first-order chi connectivity index (χ1) is 10.2. The normalized spacial score (nSPS) is 13.9. The molecule has 114 valence electrons. The molecule has 0 saturated heterocycles. The number of fused-ring (bicyclic) bond motifs is 1. The van der Waals surface area contributed by atoms with Crippen molar-refractivity contribution in [3.05, 3.63) is 29.3 Å². The summed E-state index contributed by atoms with van der Waals surface area (Å²) in [6.07, 6.45) is 6.52. The van der Waals surface area contributed by atoms with Crippen LogP contribution in [0.15, 0.2) is 18.2 Å². The minimum Gasteiger partial charge on any atom is -0.396 e. The highest BCUT2D eigenvalue weighted by atomic mass is 16.2. The van der Waals surface area contributed by atoms with E-state index in [0.717, 1.165) is 55.3 Å². The van der Waals surface area contributed by atoms with Crippen LogP contribution in [0.3, 0.4) is 0 Å². The van der Waals surface area contributed by atoms with Gasteiger partial charge in [0.25, 0.3) is 0 Å². The number of benzene rings is 1. The summed E-state index contributed by atoms with van der Waals surface area (Å²) in [7, 11) is 0. The summed E-state index contributed by atoms with van der Waals surface area (Å²) in [6, 6.07) is 5.56. The fraction of sp³-hybridized carbons (Fsp3) is 0.529. The van der Waals surface area contributed by atoms with E-state index in [9.17, 15) is 9.59 Å². The Balaban J connectivity index is 1.83. The van der Waals surface area contributed by atoms with Gasteiger partial charge in [0.15, 0.2) is 5.78 Å². The van der Waals surface area contributed by atoms with Crippen LogP contribution < -0.4 is 5.32 Å². The molecule has 4 nitrogen and oxygen atoms in total. The lowest BCUT2D eigenvalue weighted by Gasteiger charge is -2.16. The molecule has 1 aromatic rings. The number of aliphatic hydroxyl groups excluding tert-OH is 1. The van der Waals surface area contributed by atoms with Crippen molar-refractivity contribution < 1.29 is 14.7 Å². The van der Waals surface area contributed by atoms with Crippen LogP contribution in [0.1, 0.15) is 60.9 Å². The summed E-state index contributed by atoms with van der Waals surface area (Å²) in [6.45, 7) is 0.222. The summed E-state index contributed by atoms with van der Waals surface area (Å²) in [5, 5.41) is 11.6. The third kappa shape index (κ3) is 4.67.